The van der Waals surface area contributed by atoms with Crippen molar-refractivity contribution in [3.8, 4) is 0 Å². The summed E-state index contributed by atoms with van der Waals surface area (Å²) in [6.45, 7) is 13.3. The van der Waals surface area contributed by atoms with E-state index in [1.54, 1.807) is 6.07 Å². The van der Waals surface area contributed by atoms with Crippen LogP contribution >= 0.6 is 0 Å². The van der Waals surface area contributed by atoms with Crippen molar-refractivity contribution in [2.45, 2.75) is 27.2 Å². The number of allylic oxidation sites excluding steroid dienone is 2. The Bertz CT molecular complexity index is 506. The van der Waals surface area contributed by atoms with Crippen LogP contribution in [0, 0.1) is 12.7 Å². The van der Waals surface area contributed by atoms with Gasteiger partial charge in [0, 0.05) is 5.70 Å². The first-order chi connectivity index (χ1) is 9.38. The molecule has 110 valence electrons. The van der Waals surface area contributed by atoms with Crippen LogP contribution in [0.15, 0.2) is 53.8 Å². The monoisotopic (exact) mass is 276 g/mol. The van der Waals surface area contributed by atoms with Gasteiger partial charge in [-0.1, -0.05) is 37.8 Å². The van der Waals surface area contributed by atoms with E-state index in [1.165, 1.54) is 13.1 Å². The number of aryl methyl sites for hydroxylation is 2. The lowest BCUT2D eigenvalue weighted by Crippen LogP contribution is -2.15. The van der Waals surface area contributed by atoms with Crippen LogP contribution in [0.2, 0.25) is 0 Å². The van der Waals surface area contributed by atoms with Gasteiger partial charge >= 0.3 is 0 Å². The fraction of sp³-hybridized carbons (Fsp3) is 0.294. The first-order valence-electron chi connectivity index (χ1n) is 6.56. The maximum Gasteiger partial charge on any atom is 0.126 e. The lowest BCUT2D eigenvalue weighted by molar-refractivity contribution is 0.611. The Labute approximate surface area is 121 Å². The third-order valence-corrected chi connectivity index (χ3v) is 3.13. The first-order valence-corrected chi connectivity index (χ1v) is 6.56. The molecule has 1 aromatic rings. The molecule has 0 saturated heterocycles. The van der Waals surface area contributed by atoms with E-state index in [1.807, 2.05) is 26.8 Å². The average Bonchev–Trinajstić information content (AvgIpc) is 2.50. The zero-order chi connectivity index (χ0) is 15.9. The summed E-state index contributed by atoms with van der Waals surface area (Å²) in [5, 5.41) is 0. The first kappa shape index (κ1) is 18.1. The summed E-state index contributed by atoms with van der Waals surface area (Å²) in [7, 11) is 1.50. The largest absolute Gasteiger partial charge is 0.398 e. The highest BCUT2D eigenvalue weighted by molar-refractivity contribution is 5.65. The van der Waals surface area contributed by atoms with Gasteiger partial charge in [-0.25, -0.2) is 4.39 Å². The standard InChI is InChI=1S/C9H11F.C7H9N.CH5N/c1-3-8-6-7(2)4-5-9(8)10;1-4-5(2)7(8)6(4)3;1-2/h4-6H,3H2,1-2H3;1-2,8H2,3H3;2H2,1H3. The average molecular weight is 276 g/mol. The number of hydrogen-bond acceptors (Lipinski definition) is 2. The van der Waals surface area contributed by atoms with Gasteiger partial charge in [-0.05, 0) is 55.7 Å². The van der Waals surface area contributed by atoms with Crippen molar-refractivity contribution in [2.24, 2.45) is 11.5 Å². The SMILES string of the molecule is C=C1C(=C)C(N)=C1C.CCc1cc(C)ccc1F.CN. The normalized spacial score (nSPS) is 12.9. The van der Waals surface area contributed by atoms with E-state index in [4.69, 9.17) is 5.73 Å². The van der Waals surface area contributed by atoms with Crippen LogP contribution < -0.4 is 11.5 Å². The van der Waals surface area contributed by atoms with E-state index in [9.17, 15) is 4.39 Å². The van der Waals surface area contributed by atoms with E-state index < -0.39 is 0 Å². The van der Waals surface area contributed by atoms with Crippen LogP contribution in [0.5, 0.6) is 0 Å². The number of nitrogens with two attached hydrogens (primary N) is 2. The summed E-state index contributed by atoms with van der Waals surface area (Å²) in [5.41, 5.74) is 15.7. The molecule has 4 N–H and O–H groups in total. The Morgan fingerprint density at radius 1 is 1.10 bits per heavy atom. The third kappa shape index (κ3) is 4.35. The van der Waals surface area contributed by atoms with Gasteiger partial charge in [0.1, 0.15) is 5.82 Å². The lowest BCUT2D eigenvalue weighted by atomic mass is 9.86. The summed E-state index contributed by atoms with van der Waals surface area (Å²) in [4.78, 5) is 0. The van der Waals surface area contributed by atoms with Gasteiger partial charge in [-0.2, -0.15) is 0 Å². The predicted octanol–water partition coefficient (Wildman–Crippen LogP) is 3.62. The highest BCUT2D eigenvalue weighted by Gasteiger charge is 2.18. The van der Waals surface area contributed by atoms with Crippen LogP contribution in [0.4, 0.5) is 4.39 Å². The third-order valence-electron chi connectivity index (χ3n) is 3.13. The van der Waals surface area contributed by atoms with Gasteiger partial charge in [0.25, 0.3) is 0 Å². The van der Waals surface area contributed by atoms with Crippen molar-refractivity contribution >= 4 is 0 Å². The highest BCUT2D eigenvalue weighted by atomic mass is 19.1. The lowest BCUT2D eigenvalue weighted by Gasteiger charge is -2.22. The Balaban J connectivity index is 0.000000327. The molecule has 0 amide bonds. The second-order valence-electron chi connectivity index (χ2n) is 4.44. The molecule has 0 spiro atoms. The van der Waals surface area contributed by atoms with Crippen LogP contribution in [-0.2, 0) is 6.42 Å². The minimum Gasteiger partial charge on any atom is -0.398 e. The molecule has 0 atom stereocenters. The van der Waals surface area contributed by atoms with Crippen molar-refractivity contribution in [1.82, 2.24) is 0 Å². The smallest absolute Gasteiger partial charge is 0.126 e. The fourth-order valence-electron chi connectivity index (χ4n) is 1.69. The molecule has 0 bridgehead atoms. The quantitative estimate of drug-likeness (QED) is 0.823. The second kappa shape index (κ2) is 8.33. The number of hydrogen-bond donors (Lipinski definition) is 2. The van der Waals surface area contributed by atoms with Crippen LogP contribution in [0.1, 0.15) is 25.0 Å². The molecule has 2 nitrogen and oxygen atoms in total. The molecule has 0 fully saturated rings. The number of halogens is 1. The molecular formula is C17H25FN2. The highest BCUT2D eigenvalue weighted by Crippen LogP contribution is 2.32. The zero-order valence-electron chi connectivity index (χ0n) is 12.9. The summed E-state index contributed by atoms with van der Waals surface area (Å²) in [6.07, 6.45) is 0.771. The van der Waals surface area contributed by atoms with Gasteiger partial charge in [-0.3, -0.25) is 0 Å². The van der Waals surface area contributed by atoms with Crippen molar-refractivity contribution in [2.75, 3.05) is 7.05 Å². The van der Waals surface area contributed by atoms with Crippen molar-refractivity contribution in [3.63, 3.8) is 0 Å². The molecule has 3 heteroatoms. The summed E-state index contributed by atoms with van der Waals surface area (Å²) < 4.78 is 12.8. The molecule has 0 radical (unpaired) electrons. The van der Waals surface area contributed by atoms with Gasteiger partial charge < -0.3 is 11.5 Å². The van der Waals surface area contributed by atoms with Crippen molar-refractivity contribution in [1.29, 1.82) is 0 Å². The van der Waals surface area contributed by atoms with E-state index in [-0.39, 0.29) is 5.82 Å². The van der Waals surface area contributed by atoms with Crippen molar-refractivity contribution < 1.29 is 4.39 Å². The minimum absolute atomic E-state index is 0.0897. The molecule has 0 heterocycles. The maximum atomic E-state index is 12.8. The van der Waals surface area contributed by atoms with Crippen LogP contribution in [0.25, 0.3) is 0 Å². The van der Waals surface area contributed by atoms with Crippen LogP contribution in [0.3, 0.4) is 0 Å². The predicted molar refractivity (Wildman–Crippen MR) is 85.8 cm³/mol. The summed E-state index contributed by atoms with van der Waals surface area (Å²) in [6, 6.07) is 5.19. The molecule has 0 unspecified atom stereocenters. The van der Waals surface area contributed by atoms with Gasteiger partial charge in [0.2, 0.25) is 0 Å². The Morgan fingerprint density at radius 3 is 1.95 bits per heavy atom. The molecule has 0 aromatic heterocycles. The van der Waals surface area contributed by atoms with E-state index in [2.05, 4.69) is 18.9 Å². The van der Waals surface area contributed by atoms with Gasteiger partial charge in [-0.15, -0.1) is 0 Å². The fourth-order valence-corrected chi connectivity index (χ4v) is 1.69. The van der Waals surface area contributed by atoms with E-state index >= 15 is 0 Å². The molecule has 0 saturated carbocycles. The topological polar surface area (TPSA) is 52.0 Å². The number of benzene rings is 1. The Kier molecular flexibility index (Phi) is 7.55. The van der Waals surface area contributed by atoms with E-state index in [0.717, 1.165) is 40.0 Å². The molecule has 1 aromatic carbocycles. The van der Waals surface area contributed by atoms with Gasteiger partial charge in [0.15, 0.2) is 0 Å². The minimum atomic E-state index is -0.0897. The maximum absolute atomic E-state index is 12.8. The Morgan fingerprint density at radius 2 is 1.65 bits per heavy atom. The van der Waals surface area contributed by atoms with Crippen LogP contribution in [-0.4, -0.2) is 7.05 Å². The summed E-state index contributed by atoms with van der Waals surface area (Å²) in [5.74, 6) is -0.0897. The molecule has 1 aliphatic carbocycles. The molecular weight excluding hydrogens is 251 g/mol. The van der Waals surface area contributed by atoms with Gasteiger partial charge in [0.05, 0.1) is 0 Å². The van der Waals surface area contributed by atoms with E-state index in [0.29, 0.717) is 0 Å². The Hall–Kier alpha value is -1.87. The molecule has 0 aliphatic heterocycles. The second-order valence-corrected chi connectivity index (χ2v) is 4.44. The summed E-state index contributed by atoms with van der Waals surface area (Å²) >= 11 is 0. The zero-order valence-corrected chi connectivity index (χ0v) is 12.9. The molecule has 2 rings (SSSR count). The van der Waals surface area contributed by atoms with Crippen molar-refractivity contribution in [3.05, 3.63) is 70.7 Å². The molecule has 20 heavy (non-hydrogen) atoms. The number of rotatable bonds is 1. The molecule has 1 aliphatic rings.